The van der Waals surface area contributed by atoms with Gasteiger partial charge in [0.1, 0.15) is 0 Å². The van der Waals surface area contributed by atoms with E-state index in [0.29, 0.717) is 25.2 Å². The monoisotopic (exact) mass is 437 g/mol. The van der Waals surface area contributed by atoms with E-state index in [1.165, 1.54) is 0 Å². The number of carbonyl (C=O) groups is 3. The van der Waals surface area contributed by atoms with Crippen molar-refractivity contribution >= 4 is 35.2 Å². The second-order valence-corrected chi connectivity index (χ2v) is 8.93. The van der Waals surface area contributed by atoms with Crippen LogP contribution in [-0.2, 0) is 9.59 Å². The first kappa shape index (κ1) is 21.4. The SMILES string of the molecule is CSc1cccc(N2C[C@H](C(=O)N3CCC(NC(=O)c4ccccc4)CC3)CC2=O)c1. The predicted molar refractivity (Wildman–Crippen MR) is 122 cm³/mol. The molecule has 162 valence electrons. The molecule has 1 atom stereocenters. The predicted octanol–water partition coefficient (Wildman–Crippen LogP) is 3.18. The van der Waals surface area contributed by atoms with Crippen LogP contribution in [0.3, 0.4) is 0 Å². The Kier molecular flexibility index (Phi) is 6.61. The van der Waals surface area contributed by atoms with Gasteiger partial charge in [0, 0.05) is 48.2 Å². The quantitative estimate of drug-likeness (QED) is 0.730. The Balaban J connectivity index is 1.30. The first-order valence-corrected chi connectivity index (χ1v) is 11.9. The van der Waals surface area contributed by atoms with Crippen LogP contribution in [0, 0.1) is 5.92 Å². The van der Waals surface area contributed by atoms with Gasteiger partial charge in [0.05, 0.1) is 5.92 Å². The van der Waals surface area contributed by atoms with Crippen molar-refractivity contribution < 1.29 is 14.4 Å². The van der Waals surface area contributed by atoms with E-state index in [0.717, 1.165) is 23.4 Å². The van der Waals surface area contributed by atoms with Crippen molar-refractivity contribution in [3.63, 3.8) is 0 Å². The number of thioether (sulfide) groups is 1. The molecule has 2 saturated heterocycles. The fourth-order valence-electron chi connectivity index (χ4n) is 4.26. The molecule has 7 heteroatoms. The lowest BCUT2D eigenvalue weighted by Crippen LogP contribution is -2.48. The van der Waals surface area contributed by atoms with E-state index in [1.54, 1.807) is 28.8 Å². The lowest BCUT2D eigenvalue weighted by molar-refractivity contribution is -0.136. The summed E-state index contributed by atoms with van der Waals surface area (Å²) < 4.78 is 0. The minimum Gasteiger partial charge on any atom is -0.349 e. The van der Waals surface area contributed by atoms with Crippen molar-refractivity contribution in [1.29, 1.82) is 0 Å². The van der Waals surface area contributed by atoms with Gasteiger partial charge < -0.3 is 15.1 Å². The van der Waals surface area contributed by atoms with Gasteiger partial charge in [-0.3, -0.25) is 14.4 Å². The van der Waals surface area contributed by atoms with Crippen molar-refractivity contribution in [2.45, 2.75) is 30.2 Å². The van der Waals surface area contributed by atoms with Crippen LogP contribution in [0.1, 0.15) is 29.6 Å². The molecule has 2 heterocycles. The highest BCUT2D eigenvalue weighted by molar-refractivity contribution is 7.98. The zero-order chi connectivity index (χ0) is 21.8. The summed E-state index contributed by atoms with van der Waals surface area (Å²) in [7, 11) is 0. The number of nitrogens with zero attached hydrogens (tertiary/aromatic N) is 2. The molecule has 2 aliphatic rings. The Morgan fingerprint density at radius 2 is 1.77 bits per heavy atom. The summed E-state index contributed by atoms with van der Waals surface area (Å²) in [6.07, 6.45) is 3.71. The molecule has 0 bridgehead atoms. The van der Waals surface area contributed by atoms with Crippen LogP contribution in [0.15, 0.2) is 59.5 Å². The van der Waals surface area contributed by atoms with Gasteiger partial charge >= 0.3 is 0 Å². The first-order valence-electron chi connectivity index (χ1n) is 10.6. The number of hydrogen-bond donors (Lipinski definition) is 1. The van der Waals surface area contributed by atoms with Gasteiger partial charge in [-0.15, -0.1) is 11.8 Å². The van der Waals surface area contributed by atoms with Crippen molar-refractivity contribution in [1.82, 2.24) is 10.2 Å². The van der Waals surface area contributed by atoms with Crippen LogP contribution in [-0.4, -0.2) is 54.6 Å². The van der Waals surface area contributed by atoms with Crippen LogP contribution in [0.5, 0.6) is 0 Å². The van der Waals surface area contributed by atoms with E-state index >= 15 is 0 Å². The molecule has 6 nitrogen and oxygen atoms in total. The fraction of sp³-hybridized carbons (Fsp3) is 0.375. The molecular weight excluding hydrogens is 410 g/mol. The summed E-state index contributed by atoms with van der Waals surface area (Å²) in [5.74, 6) is -0.331. The summed E-state index contributed by atoms with van der Waals surface area (Å²) in [5.41, 5.74) is 1.51. The number of nitrogens with one attached hydrogen (secondary N) is 1. The fourth-order valence-corrected chi connectivity index (χ4v) is 4.71. The van der Waals surface area contributed by atoms with Gasteiger partial charge in [-0.1, -0.05) is 24.3 Å². The van der Waals surface area contributed by atoms with E-state index in [1.807, 2.05) is 53.6 Å². The molecule has 0 aromatic heterocycles. The molecule has 2 aromatic rings. The van der Waals surface area contributed by atoms with E-state index in [9.17, 15) is 14.4 Å². The van der Waals surface area contributed by atoms with Crippen molar-refractivity contribution in [2.24, 2.45) is 5.92 Å². The number of benzene rings is 2. The second-order valence-electron chi connectivity index (χ2n) is 8.05. The zero-order valence-electron chi connectivity index (χ0n) is 17.6. The molecule has 0 spiro atoms. The number of amides is 3. The molecule has 0 aliphatic carbocycles. The Bertz CT molecular complexity index is 958. The Hall–Kier alpha value is -2.80. The summed E-state index contributed by atoms with van der Waals surface area (Å²) in [6.45, 7) is 1.64. The molecular formula is C24H27N3O3S. The molecule has 0 radical (unpaired) electrons. The van der Waals surface area contributed by atoms with Gasteiger partial charge in [0.15, 0.2) is 0 Å². The number of hydrogen-bond acceptors (Lipinski definition) is 4. The third kappa shape index (κ3) is 4.93. The van der Waals surface area contributed by atoms with Crippen LogP contribution in [0.25, 0.3) is 0 Å². The molecule has 1 N–H and O–H groups in total. The number of carbonyl (C=O) groups excluding carboxylic acids is 3. The smallest absolute Gasteiger partial charge is 0.251 e. The van der Waals surface area contributed by atoms with Gasteiger partial charge in [0.25, 0.3) is 5.91 Å². The van der Waals surface area contributed by atoms with Crippen LogP contribution in [0.4, 0.5) is 5.69 Å². The average Bonchev–Trinajstić information content (AvgIpc) is 3.21. The lowest BCUT2D eigenvalue weighted by Gasteiger charge is -2.33. The molecule has 0 unspecified atom stereocenters. The minimum atomic E-state index is -0.305. The van der Waals surface area contributed by atoms with Gasteiger partial charge in [-0.2, -0.15) is 0 Å². The van der Waals surface area contributed by atoms with Crippen LogP contribution in [0.2, 0.25) is 0 Å². The molecule has 31 heavy (non-hydrogen) atoms. The largest absolute Gasteiger partial charge is 0.349 e. The number of rotatable bonds is 5. The highest BCUT2D eigenvalue weighted by Gasteiger charge is 2.38. The summed E-state index contributed by atoms with van der Waals surface area (Å²) in [4.78, 5) is 42.7. The molecule has 2 fully saturated rings. The first-order chi connectivity index (χ1) is 15.0. The minimum absolute atomic E-state index is 0.00149. The van der Waals surface area contributed by atoms with Gasteiger partial charge in [-0.25, -0.2) is 0 Å². The van der Waals surface area contributed by atoms with Crippen molar-refractivity contribution in [3.05, 3.63) is 60.2 Å². The topological polar surface area (TPSA) is 69.7 Å². The maximum absolute atomic E-state index is 13.1. The maximum atomic E-state index is 13.1. The third-order valence-electron chi connectivity index (χ3n) is 6.02. The van der Waals surface area contributed by atoms with E-state index < -0.39 is 0 Å². The van der Waals surface area contributed by atoms with Crippen molar-refractivity contribution in [3.8, 4) is 0 Å². The number of likely N-dealkylation sites (tertiary alicyclic amines) is 1. The number of anilines is 1. The molecule has 3 amide bonds. The standard InChI is InChI=1S/C24H27N3O3S/c1-31-21-9-5-8-20(15-21)27-16-18(14-22(27)28)24(30)26-12-10-19(11-13-26)25-23(29)17-6-3-2-4-7-17/h2-9,15,18-19H,10-14,16H2,1H3,(H,25,29)/t18-/m1/s1. The van der Waals surface area contributed by atoms with E-state index in [4.69, 9.17) is 0 Å². The summed E-state index contributed by atoms with van der Waals surface area (Å²) in [6, 6.07) is 17.1. The Morgan fingerprint density at radius 1 is 1.03 bits per heavy atom. The third-order valence-corrected chi connectivity index (χ3v) is 6.74. The van der Waals surface area contributed by atoms with Gasteiger partial charge in [0.2, 0.25) is 11.8 Å². The highest BCUT2D eigenvalue weighted by atomic mass is 32.2. The second kappa shape index (κ2) is 9.56. The summed E-state index contributed by atoms with van der Waals surface area (Å²) >= 11 is 1.63. The molecule has 2 aromatic carbocycles. The number of piperidine rings is 1. The average molecular weight is 438 g/mol. The normalized spacial score (nSPS) is 19.5. The Labute approximate surface area is 187 Å². The zero-order valence-corrected chi connectivity index (χ0v) is 18.4. The molecule has 2 aliphatic heterocycles. The molecule has 0 saturated carbocycles. The summed E-state index contributed by atoms with van der Waals surface area (Å²) in [5, 5.41) is 3.07. The van der Waals surface area contributed by atoms with Gasteiger partial charge in [-0.05, 0) is 49.4 Å². The highest BCUT2D eigenvalue weighted by Crippen LogP contribution is 2.29. The lowest BCUT2D eigenvalue weighted by atomic mass is 10.0. The Morgan fingerprint density at radius 3 is 2.48 bits per heavy atom. The van der Waals surface area contributed by atoms with Crippen LogP contribution >= 0.6 is 11.8 Å². The molecule has 4 rings (SSSR count). The van der Waals surface area contributed by atoms with E-state index in [2.05, 4.69) is 5.32 Å². The van der Waals surface area contributed by atoms with E-state index in [-0.39, 0.29) is 36.1 Å². The maximum Gasteiger partial charge on any atom is 0.251 e. The van der Waals surface area contributed by atoms with Crippen molar-refractivity contribution in [2.75, 3.05) is 30.8 Å². The van der Waals surface area contributed by atoms with Crippen LogP contribution < -0.4 is 10.2 Å².